The summed E-state index contributed by atoms with van der Waals surface area (Å²) in [6.07, 6.45) is 1.33. The molecule has 2 rings (SSSR count). The molecular formula is C7H7BClN3O2. The minimum Gasteiger partial charge on any atom is -0.423 e. The lowest BCUT2D eigenvalue weighted by Gasteiger charge is -2.00. The van der Waals surface area contributed by atoms with E-state index in [0.29, 0.717) is 16.5 Å². The van der Waals surface area contributed by atoms with Crippen LogP contribution in [0.3, 0.4) is 0 Å². The molecule has 0 saturated heterocycles. The Hall–Kier alpha value is -1.11. The van der Waals surface area contributed by atoms with Gasteiger partial charge >= 0.3 is 7.12 Å². The summed E-state index contributed by atoms with van der Waals surface area (Å²) in [4.78, 5) is 4.11. The number of aromatic nitrogens is 3. The van der Waals surface area contributed by atoms with Gasteiger partial charge in [-0.2, -0.15) is 5.10 Å². The van der Waals surface area contributed by atoms with Crippen LogP contribution in [-0.4, -0.2) is 31.8 Å². The minimum atomic E-state index is -1.59. The summed E-state index contributed by atoms with van der Waals surface area (Å²) in [5, 5.41) is 22.3. The number of fused-ring (bicyclic) bond motifs is 1. The molecule has 2 N–H and O–H groups in total. The summed E-state index contributed by atoms with van der Waals surface area (Å²) in [7, 11) is -1.59. The molecule has 0 saturated carbocycles. The molecule has 5 nitrogen and oxygen atoms in total. The Bertz CT molecular complexity index is 485. The lowest BCUT2D eigenvalue weighted by atomic mass is 9.82. The molecule has 0 spiro atoms. The average molecular weight is 211 g/mol. The van der Waals surface area contributed by atoms with Crippen LogP contribution in [0.5, 0.6) is 0 Å². The number of halogens is 1. The van der Waals surface area contributed by atoms with Crippen LogP contribution in [0, 0.1) is 6.92 Å². The first-order valence-electron chi connectivity index (χ1n) is 3.96. The Balaban J connectivity index is 2.78. The van der Waals surface area contributed by atoms with Crippen molar-refractivity contribution in [2.45, 2.75) is 6.92 Å². The Morgan fingerprint density at radius 1 is 1.50 bits per heavy atom. The lowest BCUT2D eigenvalue weighted by molar-refractivity contribution is 0.426. The molecule has 14 heavy (non-hydrogen) atoms. The van der Waals surface area contributed by atoms with Crippen LogP contribution in [0.2, 0.25) is 5.15 Å². The molecule has 0 unspecified atom stereocenters. The fraction of sp³-hybridized carbons (Fsp3) is 0.143. The van der Waals surface area contributed by atoms with Crippen molar-refractivity contribution in [3.05, 3.63) is 23.1 Å². The molecule has 0 aliphatic rings. The van der Waals surface area contributed by atoms with Gasteiger partial charge in [0.1, 0.15) is 5.15 Å². The molecular weight excluding hydrogens is 204 g/mol. The highest BCUT2D eigenvalue weighted by Crippen LogP contribution is 2.10. The van der Waals surface area contributed by atoms with Crippen LogP contribution in [0.15, 0.2) is 12.3 Å². The van der Waals surface area contributed by atoms with Gasteiger partial charge in [-0.25, -0.2) is 9.50 Å². The van der Waals surface area contributed by atoms with Crippen LogP contribution in [0.25, 0.3) is 5.65 Å². The Labute approximate surface area is 85.1 Å². The van der Waals surface area contributed by atoms with E-state index in [2.05, 4.69) is 10.1 Å². The number of aryl methyl sites for hydroxylation is 1. The third-order valence-corrected chi connectivity index (χ3v) is 2.13. The number of hydrogen-bond donors (Lipinski definition) is 2. The summed E-state index contributed by atoms with van der Waals surface area (Å²) >= 11 is 5.88. The topological polar surface area (TPSA) is 70.7 Å². The number of nitrogens with zero attached hydrogens (tertiary/aromatic N) is 3. The molecule has 0 bridgehead atoms. The van der Waals surface area contributed by atoms with Gasteiger partial charge in [0.15, 0.2) is 5.65 Å². The van der Waals surface area contributed by atoms with E-state index in [4.69, 9.17) is 21.6 Å². The van der Waals surface area contributed by atoms with Crippen molar-refractivity contribution in [3.63, 3.8) is 0 Å². The van der Waals surface area contributed by atoms with Crippen LogP contribution < -0.4 is 5.46 Å². The van der Waals surface area contributed by atoms with Gasteiger partial charge in [0.2, 0.25) is 0 Å². The van der Waals surface area contributed by atoms with E-state index in [-0.39, 0.29) is 5.46 Å². The standard InChI is InChI=1S/C7H7BClN3O2/c1-4-2-6(9)12-7(11-4)5(3-10-12)8(13)14/h2-3,13-14H,1H3. The first kappa shape index (κ1) is 9.45. The van der Waals surface area contributed by atoms with E-state index >= 15 is 0 Å². The van der Waals surface area contributed by atoms with E-state index in [1.54, 1.807) is 13.0 Å². The molecule has 0 aliphatic carbocycles. The number of rotatable bonds is 1. The van der Waals surface area contributed by atoms with Crippen molar-refractivity contribution in [3.8, 4) is 0 Å². The van der Waals surface area contributed by atoms with Gasteiger partial charge in [0.05, 0.1) is 6.20 Å². The zero-order chi connectivity index (χ0) is 10.3. The Kier molecular flexibility index (Phi) is 2.18. The van der Waals surface area contributed by atoms with E-state index in [1.807, 2.05) is 0 Å². The van der Waals surface area contributed by atoms with Crippen LogP contribution in [0.1, 0.15) is 5.69 Å². The van der Waals surface area contributed by atoms with E-state index < -0.39 is 7.12 Å². The molecule has 0 fully saturated rings. The van der Waals surface area contributed by atoms with E-state index in [9.17, 15) is 0 Å². The highest BCUT2D eigenvalue weighted by atomic mass is 35.5. The van der Waals surface area contributed by atoms with Crippen LogP contribution >= 0.6 is 11.6 Å². The minimum absolute atomic E-state index is 0.246. The predicted molar refractivity (Wildman–Crippen MR) is 52.6 cm³/mol. The molecule has 0 radical (unpaired) electrons. The van der Waals surface area contributed by atoms with Gasteiger partial charge in [-0.1, -0.05) is 11.6 Å². The molecule has 0 atom stereocenters. The maximum atomic E-state index is 9.01. The van der Waals surface area contributed by atoms with Gasteiger partial charge in [-0.15, -0.1) is 0 Å². The highest BCUT2D eigenvalue weighted by Gasteiger charge is 2.19. The second kappa shape index (κ2) is 3.23. The van der Waals surface area contributed by atoms with Crippen LogP contribution in [0.4, 0.5) is 0 Å². The fourth-order valence-corrected chi connectivity index (χ4v) is 1.52. The molecule has 2 aromatic rings. The van der Waals surface area contributed by atoms with Gasteiger partial charge in [0, 0.05) is 11.2 Å². The molecule has 2 heterocycles. The van der Waals surface area contributed by atoms with Gasteiger partial charge in [0.25, 0.3) is 0 Å². The maximum absolute atomic E-state index is 9.01. The highest BCUT2D eigenvalue weighted by molar-refractivity contribution is 6.60. The maximum Gasteiger partial charge on any atom is 0.493 e. The van der Waals surface area contributed by atoms with Gasteiger partial charge < -0.3 is 10.0 Å². The summed E-state index contributed by atoms with van der Waals surface area (Å²) < 4.78 is 1.35. The van der Waals surface area contributed by atoms with Crippen LogP contribution in [-0.2, 0) is 0 Å². The second-order valence-corrected chi connectivity index (χ2v) is 3.32. The van der Waals surface area contributed by atoms with Crippen molar-refractivity contribution in [2.24, 2.45) is 0 Å². The van der Waals surface area contributed by atoms with E-state index in [1.165, 1.54) is 10.7 Å². The van der Waals surface area contributed by atoms with Crippen molar-refractivity contribution in [1.82, 2.24) is 14.6 Å². The van der Waals surface area contributed by atoms with Crippen molar-refractivity contribution >= 4 is 29.8 Å². The second-order valence-electron chi connectivity index (χ2n) is 2.93. The van der Waals surface area contributed by atoms with E-state index in [0.717, 1.165) is 0 Å². The van der Waals surface area contributed by atoms with Gasteiger partial charge in [-0.3, -0.25) is 0 Å². The first-order chi connectivity index (χ1) is 6.59. The summed E-state index contributed by atoms with van der Waals surface area (Å²) in [5.74, 6) is 0. The average Bonchev–Trinajstić information content (AvgIpc) is 2.47. The zero-order valence-corrected chi connectivity index (χ0v) is 8.10. The van der Waals surface area contributed by atoms with Crippen molar-refractivity contribution in [1.29, 1.82) is 0 Å². The summed E-state index contributed by atoms with van der Waals surface area (Å²) in [6, 6.07) is 1.65. The first-order valence-corrected chi connectivity index (χ1v) is 4.34. The molecule has 0 amide bonds. The summed E-state index contributed by atoms with van der Waals surface area (Å²) in [5.41, 5.74) is 1.31. The third-order valence-electron chi connectivity index (χ3n) is 1.86. The van der Waals surface area contributed by atoms with Crippen molar-refractivity contribution in [2.75, 3.05) is 0 Å². The largest absolute Gasteiger partial charge is 0.493 e. The molecule has 0 aromatic carbocycles. The molecule has 7 heteroatoms. The van der Waals surface area contributed by atoms with Crippen molar-refractivity contribution < 1.29 is 10.0 Å². The Morgan fingerprint density at radius 3 is 2.86 bits per heavy atom. The third kappa shape index (κ3) is 1.37. The molecule has 2 aromatic heterocycles. The smallest absolute Gasteiger partial charge is 0.423 e. The lowest BCUT2D eigenvalue weighted by Crippen LogP contribution is -2.29. The quantitative estimate of drug-likeness (QED) is 0.487. The monoisotopic (exact) mass is 211 g/mol. The fourth-order valence-electron chi connectivity index (χ4n) is 1.24. The predicted octanol–water partition coefficient (Wildman–Crippen LogP) is -0.629. The SMILES string of the molecule is Cc1cc(Cl)n2ncc(B(O)O)c2n1. The molecule has 72 valence electrons. The molecule has 0 aliphatic heterocycles. The summed E-state index contributed by atoms with van der Waals surface area (Å²) in [6.45, 7) is 1.77. The number of hydrogen-bond acceptors (Lipinski definition) is 4. The normalized spacial score (nSPS) is 10.9. The van der Waals surface area contributed by atoms with Gasteiger partial charge in [-0.05, 0) is 13.0 Å². The Morgan fingerprint density at radius 2 is 2.21 bits per heavy atom. The zero-order valence-electron chi connectivity index (χ0n) is 7.35.